The fourth-order valence-electron chi connectivity index (χ4n) is 3.26. The summed E-state index contributed by atoms with van der Waals surface area (Å²) in [6.07, 6.45) is 0. The van der Waals surface area contributed by atoms with Crippen LogP contribution in [0.3, 0.4) is 0 Å². The lowest BCUT2D eigenvalue weighted by atomic mass is 10.1. The maximum absolute atomic E-state index is 11.8. The Bertz CT molecular complexity index is 942. The third kappa shape index (κ3) is 4.58. The molecular formula is C21H27N3O2S. The van der Waals surface area contributed by atoms with Crippen LogP contribution < -0.4 is 0 Å². The second kappa shape index (κ2) is 8.25. The maximum Gasteiger partial charge on any atom is 0.352 e. The van der Waals surface area contributed by atoms with Crippen LogP contribution in [0.25, 0.3) is 10.9 Å². The fourth-order valence-corrected chi connectivity index (χ4v) is 4.20. The highest BCUT2D eigenvalue weighted by molar-refractivity contribution is 7.10. The van der Waals surface area contributed by atoms with Gasteiger partial charge in [0.1, 0.15) is 5.69 Å². The first-order valence-electron chi connectivity index (χ1n) is 9.09. The van der Waals surface area contributed by atoms with E-state index >= 15 is 0 Å². The van der Waals surface area contributed by atoms with Gasteiger partial charge in [0.2, 0.25) is 0 Å². The van der Waals surface area contributed by atoms with Gasteiger partial charge in [-0.15, -0.1) is 11.3 Å². The molecule has 27 heavy (non-hydrogen) atoms. The first-order valence-corrected chi connectivity index (χ1v) is 9.97. The Morgan fingerprint density at radius 2 is 1.93 bits per heavy atom. The molecule has 0 fully saturated rings. The van der Waals surface area contributed by atoms with Crippen molar-refractivity contribution in [3.05, 3.63) is 56.9 Å². The van der Waals surface area contributed by atoms with Crippen molar-refractivity contribution in [3.63, 3.8) is 0 Å². The number of aromatic nitrogens is 1. The molecule has 0 saturated heterocycles. The topological polar surface area (TPSA) is 59.6 Å². The third-order valence-electron chi connectivity index (χ3n) is 4.86. The number of aromatic carboxylic acids is 1. The Balaban J connectivity index is 1.96. The Hall–Kier alpha value is -2.15. The number of carboxylic acid groups (broad SMARTS) is 1. The van der Waals surface area contributed by atoms with E-state index in [0.29, 0.717) is 12.2 Å². The van der Waals surface area contributed by atoms with E-state index < -0.39 is 5.97 Å². The van der Waals surface area contributed by atoms with Crippen LogP contribution >= 0.6 is 11.3 Å². The highest BCUT2D eigenvalue weighted by atomic mass is 32.1. The largest absolute Gasteiger partial charge is 0.477 e. The van der Waals surface area contributed by atoms with Crippen LogP contribution in [0.4, 0.5) is 0 Å². The van der Waals surface area contributed by atoms with Crippen molar-refractivity contribution in [2.75, 3.05) is 27.2 Å². The Morgan fingerprint density at radius 1 is 1.15 bits per heavy atom. The average Bonchev–Trinajstić information content (AvgIpc) is 3.16. The van der Waals surface area contributed by atoms with Crippen LogP contribution in [0, 0.1) is 13.8 Å². The molecule has 0 unspecified atom stereocenters. The molecular weight excluding hydrogens is 358 g/mol. The second-order valence-electron chi connectivity index (χ2n) is 7.37. The molecule has 0 aliphatic carbocycles. The summed E-state index contributed by atoms with van der Waals surface area (Å²) in [7, 11) is 4.12. The number of carboxylic acids is 1. The Labute approximate surface area is 164 Å². The zero-order valence-electron chi connectivity index (χ0n) is 16.4. The van der Waals surface area contributed by atoms with Gasteiger partial charge >= 0.3 is 5.97 Å². The molecule has 1 aromatic carbocycles. The number of benzene rings is 1. The lowest BCUT2D eigenvalue weighted by Gasteiger charge is -2.24. The van der Waals surface area contributed by atoms with Crippen molar-refractivity contribution in [1.82, 2.24) is 14.8 Å². The summed E-state index contributed by atoms with van der Waals surface area (Å²) in [5.74, 6) is -0.904. The molecule has 6 heteroatoms. The molecule has 3 rings (SSSR count). The number of thiophene rings is 1. The van der Waals surface area contributed by atoms with Gasteiger partial charge in [0.15, 0.2) is 0 Å². The normalized spacial score (nSPS) is 11.8. The van der Waals surface area contributed by atoms with Crippen LogP contribution in [-0.2, 0) is 13.1 Å². The number of carbonyl (C=O) groups is 1. The summed E-state index contributed by atoms with van der Waals surface area (Å²) in [6.45, 7) is 7.41. The van der Waals surface area contributed by atoms with E-state index in [4.69, 9.17) is 0 Å². The molecule has 3 aromatic rings. The number of aryl methyl sites for hydroxylation is 2. The first kappa shape index (κ1) is 19.6. The van der Waals surface area contributed by atoms with Crippen LogP contribution in [0.15, 0.2) is 29.6 Å². The number of H-pyrrole nitrogens is 1. The van der Waals surface area contributed by atoms with E-state index in [2.05, 4.69) is 53.3 Å². The Kier molecular flexibility index (Phi) is 5.99. The molecule has 0 radical (unpaired) electrons. The molecule has 0 atom stereocenters. The molecule has 0 saturated carbocycles. The van der Waals surface area contributed by atoms with Crippen LogP contribution in [0.2, 0.25) is 0 Å². The summed E-state index contributed by atoms with van der Waals surface area (Å²) in [5, 5.41) is 12.8. The smallest absolute Gasteiger partial charge is 0.352 e. The van der Waals surface area contributed by atoms with Crippen molar-refractivity contribution < 1.29 is 9.90 Å². The van der Waals surface area contributed by atoms with Crippen molar-refractivity contribution in [3.8, 4) is 0 Å². The van der Waals surface area contributed by atoms with Crippen molar-refractivity contribution in [1.29, 1.82) is 0 Å². The zero-order chi connectivity index (χ0) is 19.6. The monoisotopic (exact) mass is 385 g/mol. The molecule has 144 valence electrons. The molecule has 0 spiro atoms. The van der Waals surface area contributed by atoms with Crippen molar-refractivity contribution in [2.45, 2.75) is 26.9 Å². The SMILES string of the molecule is Cc1ccc2[nH]c(C(=O)O)c(CN(CCN(C)C)Cc3sccc3C)c2c1. The van der Waals surface area contributed by atoms with Crippen LogP contribution in [0.5, 0.6) is 0 Å². The third-order valence-corrected chi connectivity index (χ3v) is 5.86. The lowest BCUT2D eigenvalue weighted by Crippen LogP contribution is -2.31. The summed E-state index contributed by atoms with van der Waals surface area (Å²) in [6, 6.07) is 8.19. The number of rotatable bonds is 8. The first-order chi connectivity index (χ1) is 12.8. The highest BCUT2D eigenvalue weighted by Crippen LogP contribution is 2.27. The standard InChI is InChI=1S/C21H27N3O2S/c1-14-5-6-18-16(11-14)17(20(22-18)21(25)26)12-24(9-8-23(3)4)13-19-15(2)7-10-27-19/h5-7,10-11,22H,8-9,12-13H2,1-4H3,(H,25,26). The van der Waals surface area contributed by atoms with E-state index in [1.807, 2.05) is 19.1 Å². The number of likely N-dealkylation sites (N-methyl/N-ethyl adjacent to an activating group) is 1. The lowest BCUT2D eigenvalue weighted by molar-refractivity contribution is 0.0689. The van der Waals surface area contributed by atoms with Crippen LogP contribution in [-0.4, -0.2) is 53.0 Å². The van der Waals surface area contributed by atoms with Crippen molar-refractivity contribution in [2.24, 2.45) is 0 Å². The van der Waals surface area contributed by atoms with Gasteiger partial charge in [-0.1, -0.05) is 11.6 Å². The number of hydrogen-bond donors (Lipinski definition) is 2. The summed E-state index contributed by atoms with van der Waals surface area (Å²) in [5.41, 5.74) is 4.48. The number of fused-ring (bicyclic) bond motifs is 1. The quantitative estimate of drug-likeness (QED) is 0.613. The summed E-state index contributed by atoms with van der Waals surface area (Å²) in [4.78, 5) is 20.8. The molecule has 0 bridgehead atoms. The van der Waals surface area contributed by atoms with Crippen LogP contribution in [0.1, 0.15) is 32.1 Å². The highest BCUT2D eigenvalue weighted by Gasteiger charge is 2.20. The molecule has 2 aromatic heterocycles. The fraction of sp³-hybridized carbons (Fsp3) is 0.381. The molecule has 0 aliphatic heterocycles. The van der Waals surface area contributed by atoms with Gasteiger partial charge < -0.3 is 15.0 Å². The van der Waals surface area contributed by atoms with Gasteiger partial charge in [-0.05, 0) is 57.1 Å². The van der Waals surface area contributed by atoms with Gasteiger partial charge in [0, 0.05) is 47.5 Å². The van der Waals surface area contributed by atoms with E-state index in [9.17, 15) is 9.90 Å². The van der Waals surface area contributed by atoms with E-state index in [1.165, 1.54) is 10.4 Å². The second-order valence-corrected chi connectivity index (χ2v) is 8.37. The van der Waals surface area contributed by atoms with Gasteiger partial charge in [0.25, 0.3) is 0 Å². The van der Waals surface area contributed by atoms with Gasteiger partial charge in [0.05, 0.1) is 0 Å². The minimum Gasteiger partial charge on any atom is -0.477 e. The average molecular weight is 386 g/mol. The Morgan fingerprint density at radius 3 is 2.56 bits per heavy atom. The van der Waals surface area contributed by atoms with E-state index in [-0.39, 0.29) is 0 Å². The summed E-state index contributed by atoms with van der Waals surface area (Å²) < 4.78 is 0. The molecule has 2 heterocycles. The molecule has 0 aliphatic rings. The number of hydrogen-bond acceptors (Lipinski definition) is 4. The molecule has 5 nitrogen and oxygen atoms in total. The minimum atomic E-state index is -0.904. The minimum absolute atomic E-state index is 0.299. The predicted octanol–water partition coefficient (Wildman–Crippen LogP) is 4.11. The summed E-state index contributed by atoms with van der Waals surface area (Å²) >= 11 is 1.76. The zero-order valence-corrected chi connectivity index (χ0v) is 17.2. The van der Waals surface area contributed by atoms with Gasteiger partial charge in [-0.3, -0.25) is 4.90 Å². The van der Waals surface area contributed by atoms with E-state index in [1.54, 1.807) is 11.3 Å². The number of nitrogens with one attached hydrogen (secondary N) is 1. The number of nitrogens with zero attached hydrogens (tertiary/aromatic N) is 2. The van der Waals surface area contributed by atoms with Gasteiger partial charge in [-0.25, -0.2) is 4.79 Å². The number of aromatic amines is 1. The van der Waals surface area contributed by atoms with Crippen molar-refractivity contribution >= 4 is 28.2 Å². The molecule has 2 N–H and O–H groups in total. The maximum atomic E-state index is 11.8. The predicted molar refractivity (Wildman–Crippen MR) is 112 cm³/mol. The molecule has 0 amide bonds. The van der Waals surface area contributed by atoms with Gasteiger partial charge in [-0.2, -0.15) is 0 Å². The van der Waals surface area contributed by atoms with E-state index in [0.717, 1.165) is 41.7 Å².